The lowest BCUT2D eigenvalue weighted by Gasteiger charge is -2.17. The Hall–Kier alpha value is -3.58. The zero-order chi connectivity index (χ0) is 22.6. The fraction of sp³-hybridized carbons (Fsp3) is 0.192. The van der Waals surface area contributed by atoms with Crippen molar-refractivity contribution in [1.29, 1.82) is 0 Å². The van der Waals surface area contributed by atoms with E-state index in [1.165, 1.54) is 11.8 Å². The van der Waals surface area contributed by atoms with E-state index in [4.69, 9.17) is 4.74 Å². The van der Waals surface area contributed by atoms with Crippen LogP contribution in [0.1, 0.15) is 23.7 Å². The minimum atomic E-state index is -0.429. The molecule has 1 N–H and O–H groups in total. The quantitative estimate of drug-likeness (QED) is 0.376. The average molecular weight is 457 g/mol. The van der Waals surface area contributed by atoms with Gasteiger partial charge >= 0.3 is 0 Å². The van der Waals surface area contributed by atoms with Crippen molar-refractivity contribution in [2.45, 2.75) is 29.3 Å². The Morgan fingerprint density at radius 2 is 1.64 bits per heavy atom. The molecule has 1 heterocycles. The summed E-state index contributed by atoms with van der Waals surface area (Å²) in [5, 5.41) is 12.4. The molecule has 5 rings (SSSR count). The van der Waals surface area contributed by atoms with Gasteiger partial charge in [0.05, 0.1) is 7.11 Å². The Labute approximate surface area is 197 Å². The standard InChI is InChI=1S/C26H24N4O2S/c1-32-22-16-12-19(13-17-22)24-28-29-26(30(24)21-10-6-3-7-11-21)33-23(18-8-4-2-5-9-18)25(31)27-20-14-15-20/h2-13,16-17,20,23H,14-15H2,1H3,(H,27,31). The molecule has 3 aromatic carbocycles. The second kappa shape index (κ2) is 9.50. The molecule has 1 aromatic heterocycles. The van der Waals surface area contributed by atoms with Crippen LogP contribution in [-0.2, 0) is 4.79 Å². The number of aromatic nitrogens is 3. The number of amides is 1. The van der Waals surface area contributed by atoms with Crippen LogP contribution in [0.3, 0.4) is 0 Å². The summed E-state index contributed by atoms with van der Waals surface area (Å²) in [6, 6.07) is 27.8. The molecule has 1 aliphatic carbocycles. The van der Waals surface area contributed by atoms with Crippen LogP contribution in [0.4, 0.5) is 0 Å². The van der Waals surface area contributed by atoms with Crippen molar-refractivity contribution in [3.63, 3.8) is 0 Å². The third-order valence-corrected chi connectivity index (χ3v) is 6.68. The van der Waals surface area contributed by atoms with Crippen LogP contribution in [0.2, 0.25) is 0 Å². The zero-order valence-corrected chi connectivity index (χ0v) is 19.0. The topological polar surface area (TPSA) is 69.0 Å². The van der Waals surface area contributed by atoms with Crippen molar-refractivity contribution in [2.24, 2.45) is 0 Å². The van der Waals surface area contributed by atoms with Crippen molar-refractivity contribution in [3.8, 4) is 22.8 Å². The predicted octanol–water partition coefficient (Wildman–Crippen LogP) is 5.05. The summed E-state index contributed by atoms with van der Waals surface area (Å²) in [5.74, 6) is 1.49. The molecule has 1 atom stereocenters. The first-order valence-electron chi connectivity index (χ1n) is 10.9. The van der Waals surface area contributed by atoms with Crippen LogP contribution >= 0.6 is 11.8 Å². The molecule has 1 fully saturated rings. The molecule has 1 amide bonds. The third-order valence-electron chi connectivity index (χ3n) is 5.48. The van der Waals surface area contributed by atoms with Crippen molar-refractivity contribution in [2.75, 3.05) is 7.11 Å². The fourth-order valence-corrected chi connectivity index (χ4v) is 4.66. The van der Waals surface area contributed by atoms with Gasteiger partial charge in [-0.05, 0) is 54.8 Å². The van der Waals surface area contributed by atoms with Crippen LogP contribution in [0.25, 0.3) is 17.1 Å². The minimum absolute atomic E-state index is 0.00214. The highest BCUT2D eigenvalue weighted by atomic mass is 32.2. The van der Waals surface area contributed by atoms with Gasteiger partial charge in [-0.2, -0.15) is 0 Å². The van der Waals surface area contributed by atoms with Crippen LogP contribution in [0.5, 0.6) is 5.75 Å². The van der Waals surface area contributed by atoms with E-state index in [0.717, 1.165) is 35.4 Å². The first-order valence-corrected chi connectivity index (χ1v) is 11.8. The van der Waals surface area contributed by atoms with E-state index in [1.807, 2.05) is 89.5 Å². The van der Waals surface area contributed by atoms with Crippen molar-refractivity contribution < 1.29 is 9.53 Å². The molecule has 0 saturated heterocycles. The van der Waals surface area contributed by atoms with Crippen LogP contribution in [-0.4, -0.2) is 33.8 Å². The first kappa shape index (κ1) is 21.3. The maximum atomic E-state index is 13.2. The maximum absolute atomic E-state index is 13.2. The number of nitrogens with one attached hydrogen (secondary N) is 1. The summed E-state index contributed by atoms with van der Waals surface area (Å²) in [7, 11) is 1.65. The third kappa shape index (κ3) is 4.78. The van der Waals surface area contributed by atoms with E-state index >= 15 is 0 Å². The van der Waals surface area contributed by atoms with Gasteiger partial charge in [-0.15, -0.1) is 10.2 Å². The van der Waals surface area contributed by atoms with E-state index in [2.05, 4.69) is 15.5 Å². The Kier molecular flexibility index (Phi) is 6.13. The Bertz CT molecular complexity index is 1220. The Morgan fingerprint density at radius 1 is 0.970 bits per heavy atom. The smallest absolute Gasteiger partial charge is 0.238 e. The zero-order valence-electron chi connectivity index (χ0n) is 18.2. The second-order valence-electron chi connectivity index (χ2n) is 7.90. The van der Waals surface area contributed by atoms with Gasteiger partial charge in [-0.1, -0.05) is 60.3 Å². The lowest BCUT2D eigenvalue weighted by Crippen LogP contribution is -2.29. The van der Waals surface area contributed by atoms with Gasteiger partial charge < -0.3 is 10.1 Å². The Balaban J connectivity index is 1.56. The number of nitrogens with zero attached hydrogens (tertiary/aromatic N) is 3. The number of ether oxygens (including phenoxy) is 1. The number of thioether (sulfide) groups is 1. The highest BCUT2D eigenvalue weighted by molar-refractivity contribution is 8.00. The average Bonchev–Trinajstić information content (AvgIpc) is 3.59. The number of benzene rings is 3. The number of carbonyl (C=O) groups is 1. The molecule has 0 aliphatic heterocycles. The first-order chi connectivity index (χ1) is 16.2. The van der Waals surface area contributed by atoms with Gasteiger partial charge in [-0.3, -0.25) is 9.36 Å². The van der Waals surface area contributed by atoms with Crippen molar-refractivity contribution in [3.05, 3.63) is 90.5 Å². The SMILES string of the molecule is COc1ccc(-c2nnc(SC(C(=O)NC3CC3)c3ccccc3)n2-c2ccccc2)cc1. The normalized spacial score (nSPS) is 14.0. The maximum Gasteiger partial charge on any atom is 0.238 e. The number of rotatable bonds is 8. The number of hydrogen-bond acceptors (Lipinski definition) is 5. The molecule has 7 heteroatoms. The lowest BCUT2D eigenvalue weighted by molar-refractivity contribution is -0.120. The monoisotopic (exact) mass is 456 g/mol. The van der Waals surface area contributed by atoms with Gasteiger partial charge in [-0.25, -0.2) is 0 Å². The summed E-state index contributed by atoms with van der Waals surface area (Å²) in [6.45, 7) is 0. The number of carbonyl (C=O) groups excluding carboxylic acids is 1. The van der Waals surface area contributed by atoms with Crippen molar-refractivity contribution >= 4 is 17.7 Å². The molecule has 1 saturated carbocycles. The molecule has 166 valence electrons. The molecule has 0 radical (unpaired) electrons. The highest BCUT2D eigenvalue weighted by Gasteiger charge is 2.31. The molecule has 4 aromatic rings. The van der Waals surface area contributed by atoms with Crippen LogP contribution < -0.4 is 10.1 Å². The summed E-state index contributed by atoms with van der Waals surface area (Å²) >= 11 is 1.42. The minimum Gasteiger partial charge on any atom is -0.497 e. The predicted molar refractivity (Wildman–Crippen MR) is 130 cm³/mol. The van der Waals surface area contributed by atoms with E-state index < -0.39 is 5.25 Å². The molecule has 0 bridgehead atoms. The number of hydrogen-bond donors (Lipinski definition) is 1. The second-order valence-corrected chi connectivity index (χ2v) is 8.97. The lowest BCUT2D eigenvalue weighted by atomic mass is 10.1. The van der Waals surface area contributed by atoms with Gasteiger partial charge in [0.2, 0.25) is 5.91 Å². The molecular weight excluding hydrogens is 432 g/mol. The van der Waals surface area contributed by atoms with Crippen LogP contribution in [0, 0.1) is 0 Å². The summed E-state index contributed by atoms with van der Waals surface area (Å²) in [4.78, 5) is 13.2. The fourth-order valence-electron chi connectivity index (χ4n) is 3.59. The number of para-hydroxylation sites is 1. The molecule has 0 spiro atoms. The van der Waals surface area contributed by atoms with Gasteiger partial charge in [0.15, 0.2) is 11.0 Å². The van der Waals surface area contributed by atoms with E-state index in [0.29, 0.717) is 11.0 Å². The molecular formula is C26H24N4O2S. The van der Waals surface area contributed by atoms with Crippen molar-refractivity contribution in [1.82, 2.24) is 20.1 Å². The molecule has 1 unspecified atom stereocenters. The van der Waals surface area contributed by atoms with Gasteiger partial charge in [0, 0.05) is 17.3 Å². The van der Waals surface area contributed by atoms with Gasteiger partial charge in [0.25, 0.3) is 0 Å². The van der Waals surface area contributed by atoms with E-state index in [9.17, 15) is 4.79 Å². The molecule has 1 aliphatic rings. The summed E-state index contributed by atoms with van der Waals surface area (Å²) < 4.78 is 7.31. The molecule has 33 heavy (non-hydrogen) atoms. The van der Waals surface area contributed by atoms with Gasteiger partial charge in [0.1, 0.15) is 11.0 Å². The number of methoxy groups -OCH3 is 1. The molecule has 6 nitrogen and oxygen atoms in total. The van der Waals surface area contributed by atoms with Crippen LogP contribution in [0.15, 0.2) is 90.1 Å². The van der Waals surface area contributed by atoms with E-state index in [-0.39, 0.29) is 11.9 Å². The van der Waals surface area contributed by atoms with E-state index in [1.54, 1.807) is 7.11 Å². The Morgan fingerprint density at radius 3 is 2.27 bits per heavy atom. The highest BCUT2D eigenvalue weighted by Crippen LogP contribution is 2.38. The summed E-state index contributed by atoms with van der Waals surface area (Å²) in [5.41, 5.74) is 2.79. The summed E-state index contributed by atoms with van der Waals surface area (Å²) in [6.07, 6.45) is 2.08. The largest absolute Gasteiger partial charge is 0.497 e.